The van der Waals surface area contributed by atoms with E-state index in [1.54, 1.807) is 0 Å². The van der Waals surface area contributed by atoms with Gasteiger partial charge in [-0.05, 0) is 22.3 Å². The van der Waals surface area contributed by atoms with Crippen LogP contribution >= 0.6 is 0 Å². The molecule has 0 radical (unpaired) electrons. The molecule has 1 aliphatic carbocycles. The summed E-state index contributed by atoms with van der Waals surface area (Å²) in [6.45, 7) is 1.41. The van der Waals surface area contributed by atoms with Gasteiger partial charge in [0.2, 0.25) is 5.91 Å². The average molecular weight is 321 g/mol. The minimum absolute atomic E-state index is 0.254. The lowest BCUT2D eigenvalue weighted by Crippen LogP contribution is -2.43. The summed E-state index contributed by atoms with van der Waals surface area (Å²) in [5, 5.41) is 2.78. The number of ether oxygens (including phenoxy) is 1. The average Bonchev–Trinajstić information content (AvgIpc) is 3.30. The van der Waals surface area contributed by atoms with Crippen molar-refractivity contribution < 1.29 is 14.3 Å². The monoisotopic (exact) mass is 321 g/mol. The second-order valence-electron chi connectivity index (χ2n) is 5.84. The standard InChI is InChI=1S/C20H19NO3/c1-14(22)21-20(19(23)24-2)13-17(20)18(15-9-5-3-6-10-15)16-11-7-4-8-12-16/h3-12H,13H2,1-2H3,(H,21,22)/t20-/m1/s1. The van der Waals surface area contributed by atoms with Gasteiger partial charge in [0.15, 0.2) is 5.54 Å². The molecule has 4 nitrogen and oxygen atoms in total. The van der Waals surface area contributed by atoms with E-state index in [1.165, 1.54) is 14.0 Å². The van der Waals surface area contributed by atoms with Gasteiger partial charge in [0.25, 0.3) is 0 Å². The van der Waals surface area contributed by atoms with Gasteiger partial charge in [-0.1, -0.05) is 60.7 Å². The van der Waals surface area contributed by atoms with E-state index in [2.05, 4.69) is 5.32 Å². The van der Waals surface area contributed by atoms with E-state index in [0.717, 1.165) is 22.3 Å². The third kappa shape index (κ3) is 2.83. The zero-order valence-electron chi connectivity index (χ0n) is 13.7. The molecule has 2 aromatic carbocycles. The summed E-state index contributed by atoms with van der Waals surface area (Å²) in [6.07, 6.45) is 0.457. The van der Waals surface area contributed by atoms with E-state index in [-0.39, 0.29) is 5.91 Å². The Balaban J connectivity index is 2.17. The van der Waals surface area contributed by atoms with E-state index in [4.69, 9.17) is 4.74 Å². The largest absolute Gasteiger partial charge is 0.467 e. The van der Waals surface area contributed by atoms with Crippen LogP contribution in [-0.2, 0) is 14.3 Å². The Bertz CT molecular complexity index is 755. The molecule has 0 aliphatic heterocycles. The topological polar surface area (TPSA) is 55.4 Å². The molecule has 0 aromatic heterocycles. The summed E-state index contributed by atoms with van der Waals surface area (Å²) in [7, 11) is 1.34. The number of carbonyl (C=O) groups excluding carboxylic acids is 2. The number of esters is 1. The van der Waals surface area contributed by atoms with Gasteiger partial charge in [-0.25, -0.2) is 4.79 Å². The van der Waals surface area contributed by atoms with Gasteiger partial charge in [0.05, 0.1) is 7.11 Å². The maximum atomic E-state index is 12.3. The van der Waals surface area contributed by atoms with Gasteiger partial charge in [-0.15, -0.1) is 0 Å². The highest BCUT2D eigenvalue weighted by molar-refractivity contribution is 6.02. The van der Waals surface area contributed by atoms with E-state index < -0.39 is 11.5 Å². The lowest BCUT2D eigenvalue weighted by molar-refractivity contribution is -0.145. The molecule has 0 saturated heterocycles. The Kier molecular flexibility index (Phi) is 4.21. The van der Waals surface area contributed by atoms with Crippen molar-refractivity contribution in [2.75, 3.05) is 7.11 Å². The quantitative estimate of drug-likeness (QED) is 0.881. The summed E-state index contributed by atoms with van der Waals surface area (Å²) in [4.78, 5) is 24.0. The highest BCUT2D eigenvalue weighted by Crippen LogP contribution is 2.50. The van der Waals surface area contributed by atoms with Crippen molar-refractivity contribution in [1.82, 2.24) is 5.32 Å². The first-order chi connectivity index (χ1) is 11.6. The van der Waals surface area contributed by atoms with Gasteiger partial charge in [0.1, 0.15) is 0 Å². The van der Waals surface area contributed by atoms with Crippen LogP contribution < -0.4 is 5.32 Å². The third-order valence-corrected chi connectivity index (χ3v) is 4.18. The molecule has 1 amide bonds. The van der Waals surface area contributed by atoms with Crippen molar-refractivity contribution in [2.45, 2.75) is 18.9 Å². The van der Waals surface area contributed by atoms with Gasteiger partial charge >= 0.3 is 5.97 Å². The van der Waals surface area contributed by atoms with Crippen molar-refractivity contribution in [2.24, 2.45) is 0 Å². The number of methoxy groups -OCH3 is 1. The first kappa shape index (κ1) is 16.0. The molecule has 1 aliphatic rings. The van der Waals surface area contributed by atoms with E-state index in [1.807, 2.05) is 60.7 Å². The lowest BCUT2D eigenvalue weighted by Gasteiger charge is -2.15. The molecule has 122 valence electrons. The molecule has 3 rings (SSSR count). The summed E-state index contributed by atoms with van der Waals surface area (Å²) < 4.78 is 4.94. The molecule has 0 spiro atoms. The third-order valence-electron chi connectivity index (χ3n) is 4.18. The second kappa shape index (κ2) is 6.32. The molecule has 4 heteroatoms. The van der Waals surface area contributed by atoms with E-state index >= 15 is 0 Å². The lowest BCUT2D eigenvalue weighted by atomic mass is 9.95. The Morgan fingerprint density at radius 1 is 0.958 bits per heavy atom. The van der Waals surface area contributed by atoms with Crippen molar-refractivity contribution >= 4 is 17.4 Å². The minimum atomic E-state index is -1.05. The van der Waals surface area contributed by atoms with Crippen LogP contribution in [0.25, 0.3) is 5.57 Å². The van der Waals surface area contributed by atoms with E-state index in [0.29, 0.717) is 6.42 Å². The number of hydrogen-bond acceptors (Lipinski definition) is 3. The summed E-state index contributed by atoms with van der Waals surface area (Å²) in [5.74, 6) is -0.687. The Hall–Kier alpha value is -2.88. The normalized spacial score (nSPS) is 18.7. The number of amides is 1. The first-order valence-corrected chi connectivity index (χ1v) is 7.80. The molecule has 24 heavy (non-hydrogen) atoms. The summed E-state index contributed by atoms with van der Waals surface area (Å²) in [5.41, 5.74) is 2.81. The number of hydrogen-bond donors (Lipinski definition) is 1. The molecule has 0 heterocycles. The summed E-state index contributed by atoms with van der Waals surface area (Å²) in [6, 6.07) is 19.7. The number of nitrogens with one attached hydrogen (secondary N) is 1. The molecule has 1 atom stereocenters. The molecule has 2 aromatic rings. The Labute approximate surface area is 141 Å². The van der Waals surface area contributed by atoms with Gasteiger partial charge in [0, 0.05) is 13.3 Å². The van der Waals surface area contributed by atoms with Crippen LogP contribution in [0.1, 0.15) is 24.5 Å². The Morgan fingerprint density at radius 2 is 1.46 bits per heavy atom. The van der Waals surface area contributed by atoms with Crippen LogP contribution in [0, 0.1) is 0 Å². The molecule has 1 fully saturated rings. The molecule has 0 bridgehead atoms. The smallest absolute Gasteiger partial charge is 0.336 e. The van der Waals surface area contributed by atoms with Crippen LogP contribution in [0.2, 0.25) is 0 Å². The second-order valence-corrected chi connectivity index (χ2v) is 5.84. The van der Waals surface area contributed by atoms with Gasteiger partial charge < -0.3 is 10.1 Å². The van der Waals surface area contributed by atoms with Crippen molar-refractivity contribution in [3.63, 3.8) is 0 Å². The highest BCUT2D eigenvalue weighted by atomic mass is 16.5. The fourth-order valence-electron chi connectivity index (χ4n) is 3.09. The van der Waals surface area contributed by atoms with Crippen molar-refractivity contribution in [3.8, 4) is 0 Å². The van der Waals surface area contributed by atoms with Gasteiger partial charge in [-0.2, -0.15) is 0 Å². The van der Waals surface area contributed by atoms with Crippen LogP contribution in [0.4, 0.5) is 0 Å². The van der Waals surface area contributed by atoms with Gasteiger partial charge in [-0.3, -0.25) is 4.79 Å². The zero-order chi connectivity index (χ0) is 17.2. The number of benzene rings is 2. The number of carbonyl (C=O) groups is 2. The molecular weight excluding hydrogens is 302 g/mol. The minimum Gasteiger partial charge on any atom is -0.467 e. The number of rotatable bonds is 4. The fourth-order valence-corrected chi connectivity index (χ4v) is 3.09. The molecule has 0 unspecified atom stereocenters. The molecule has 1 saturated carbocycles. The Morgan fingerprint density at radius 3 is 1.88 bits per heavy atom. The van der Waals surface area contributed by atoms with Crippen LogP contribution in [0.5, 0.6) is 0 Å². The first-order valence-electron chi connectivity index (χ1n) is 7.80. The molecule has 1 N–H and O–H groups in total. The fraction of sp³-hybridized carbons (Fsp3) is 0.200. The predicted octanol–water partition coefficient (Wildman–Crippen LogP) is 2.94. The van der Waals surface area contributed by atoms with Crippen LogP contribution in [-0.4, -0.2) is 24.5 Å². The van der Waals surface area contributed by atoms with Crippen molar-refractivity contribution in [1.29, 1.82) is 0 Å². The van der Waals surface area contributed by atoms with Crippen molar-refractivity contribution in [3.05, 3.63) is 77.4 Å². The maximum Gasteiger partial charge on any atom is 0.336 e. The molecular formula is C20H19NO3. The van der Waals surface area contributed by atoms with Crippen LogP contribution in [0.3, 0.4) is 0 Å². The SMILES string of the molecule is COC(=O)[C@@]1(NC(C)=O)CC1=C(c1ccccc1)c1ccccc1. The highest BCUT2D eigenvalue weighted by Gasteiger charge is 2.59. The van der Waals surface area contributed by atoms with Crippen LogP contribution in [0.15, 0.2) is 66.2 Å². The van der Waals surface area contributed by atoms with E-state index in [9.17, 15) is 9.59 Å². The zero-order valence-corrected chi connectivity index (χ0v) is 13.7. The summed E-state index contributed by atoms with van der Waals surface area (Å²) >= 11 is 0. The maximum absolute atomic E-state index is 12.3. The predicted molar refractivity (Wildman–Crippen MR) is 92.1 cm³/mol.